The van der Waals surface area contributed by atoms with Crippen LogP contribution in [0.2, 0.25) is 0 Å². The molecule has 0 aliphatic carbocycles. The molecule has 3 nitrogen and oxygen atoms in total. The summed E-state index contributed by atoms with van der Waals surface area (Å²) in [5, 5.41) is 0. The Kier molecular flexibility index (Phi) is 3.72. The Morgan fingerprint density at radius 1 is 1.38 bits per heavy atom. The van der Waals surface area contributed by atoms with E-state index in [2.05, 4.69) is 23.7 Å². The minimum atomic E-state index is 0.472. The van der Waals surface area contributed by atoms with E-state index >= 15 is 0 Å². The average molecular weight is 183 g/mol. The number of nitrogens with two attached hydrogens (primary N) is 1. The van der Waals surface area contributed by atoms with Crippen molar-refractivity contribution < 1.29 is 0 Å². The number of likely N-dealkylation sites (tertiary alicyclic amines) is 1. The molecular weight excluding hydrogens is 162 g/mol. The van der Waals surface area contributed by atoms with Crippen LogP contribution in [0.25, 0.3) is 0 Å². The minimum Gasteiger partial charge on any atom is -0.388 e. The zero-order chi connectivity index (χ0) is 9.84. The molecule has 0 spiro atoms. The summed E-state index contributed by atoms with van der Waals surface area (Å²) in [6, 6.07) is 1.14. The Balaban J connectivity index is 2.35. The summed E-state index contributed by atoms with van der Waals surface area (Å²) in [7, 11) is 0. The molecule has 0 unspecified atom stereocenters. The summed E-state index contributed by atoms with van der Waals surface area (Å²) in [5.41, 5.74) is 5.55. The van der Waals surface area contributed by atoms with E-state index in [4.69, 9.17) is 5.73 Å². The summed E-state index contributed by atoms with van der Waals surface area (Å²) in [5.74, 6) is 0.725. The van der Waals surface area contributed by atoms with E-state index in [0.717, 1.165) is 18.7 Å². The Morgan fingerprint density at radius 3 is 2.31 bits per heavy atom. The molecular formula is C10H21N3. The summed E-state index contributed by atoms with van der Waals surface area (Å²) >= 11 is 0. The van der Waals surface area contributed by atoms with Crippen LogP contribution in [0.5, 0.6) is 0 Å². The highest BCUT2D eigenvalue weighted by atomic mass is 15.2. The number of rotatable bonds is 2. The molecule has 0 amide bonds. The van der Waals surface area contributed by atoms with Gasteiger partial charge in [0.15, 0.2) is 0 Å². The fourth-order valence-corrected chi connectivity index (χ4v) is 1.82. The first kappa shape index (κ1) is 10.5. The average Bonchev–Trinajstić information content (AvgIpc) is 2.04. The molecule has 0 saturated carbocycles. The molecule has 3 heteroatoms. The minimum absolute atomic E-state index is 0.472. The van der Waals surface area contributed by atoms with Gasteiger partial charge in [0.05, 0.1) is 11.9 Å². The second kappa shape index (κ2) is 4.61. The van der Waals surface area contributed by atoms with Crippen molar-refractivity contribution in [3.05, 3.63) is 0 Å². The Hall–Kier alpha value is -0.570. The van der Waals surface area contributed by atoms with Crippen LogP contribution in [-0.2, 0) is 0 Å². The fourth-order valence-electron chi connectivity index (χ4n) is 1.82. The lowest BCUT2D eigenvalue weighted by atomic mass is 10.0. The maximum atomic E-state index is 5.55. The number of piperidine rings is 1. The highest BCUT2D eigenvalue weighted by molar-refractivity contribution is 5.77. The van der Waals surface area contributed by atoms with Crippen LogP contribution in [0.1, 0.15) is 33.6 Å². The zero-order valence-electron chi connectivity index (χ0n) is 8.95. The molecule has 1 rings (SSSR count). The topological polar surface area (TPSA) is 41.6 Å². The third kappa shape index (κ3) is 3.35. The van der Waals surface area contributed by atoms with Crippen LogP contribution in [0.3, 0.4) is 0 Å². The van der Waals surface area contributed by atoms with Crippen molar-refractivity contribution in [2.45, 2.75) is 45.7 Å². The number of amidine groups is 1. The van der Waals surface area contributed by atoms with Crippen molar-refractivity contribution in [3.8, 4) is 0 Å². The van der Waals surface area contributed by atoms with Gasteiger partial charge >= 0.3 is 0 Å². The van der Waals surface area contributed by atoms with Crippen LogP contribution in [0, 0.1) is 0 Å². The van der Waals surface area contributed by atoms with Crippen molar-refractivity contribution in [2.75, 3.05) is 13.1 Å². The SMILES string of the molecule is CC(N)=NC1CCN(C(C)C)CC1. The van der Waals surface area contributed by atoms with E-state index in [9.17, 15) is 0 Å². The lowest BCUT2D eigenvalue weighted by Crippen LogP contribution is -2.40. The van der Waals surface area contributed by atoms with Gasteiger partial charge in [0.1, 0.15) is 0 Å². The maximum Gasteiger partial charge on any atom is 0.0909 e. The van der Waals surface area contributed by atoms with Crippen molar-refractivity contribution in [1.82, 2.24) is 4.90 Å². The Morgan fingerprint density at radius 2 is 1.92 bits per heavy atom. The van der Waals surface area contributed by atoms with Gasteiger partial charge in [0.25, 0.3) is 0 Å². The molecule has 0 aromatic heterocycles. The third-order valence-electron chi connectivity index (χ3n) is 2.62. The molecule has 0 bridgehead atoms. The highest BCUT2D eigenvalue weighted by Crippen LogP contribution is 2.15. The van der Waals surface area contributed by atoms with Crippen LogP contribution in [0.4, 0.5) is 0 Å². The number of hydrogen-bond acceptors (Lipinski definition) is 2. The molecule has 1 fully saturated rings. The van der Waals surface area contributed by atoms with E-state index in [1.165, 1.54) is 13.1 Å². The predicted octanol–water partition coefficient (Wildman–Crippen LogP) is 1.24. The second-order valence-corrected chi connectivity index (χ2v) is 4.13. The van der Waals surface area contributed by atoms with Crippen LogP contribution >= 0.6 is 0 Å². The van der Waals surface area contributed by atoms with Crippen molar-refractivity contribution in [2.24, 2.45) is 10.7 Å². The molecule has 13 heavy (non-hydrogen) atoms. The predicted molar refractivity (Wildman–Crippen MR) is 57.0 cm³/mol. The summed E-state index contributed by atoms with van der Waals surface area (Å²) in [4.78, 5) is 6.90. The van der Waals surface area contributed by atoms with E-state index in [-0.39, 0.29) is 0 Å². The molecule has 0 atom stereocenters. The quantitative estimate of drug-likeness (QED) is 0.517. The van der Waals surface area contributed by atoms with Gasteiger partial charge < -0.3 is 10.6 Å². The molecule has 0 aromatic carbocycles. The Bertz CT molecular complexity index is 175. The van der Waals surface area contributed by atoms with Gasteiger partial charge in [-0.15, -0.1) is 0 Å². The molecule has 0 radical (unpaired) electrons. The van der Waals surface area contributed by atoms with Crippen LogP contribution in [0.15, 0.2) is 4.99 Å². The molecule has 1 aliphatic heterocycles. The van der Waals surface area contributed by atoms with Gasteiger partial charge in [-0.2, -0.15) is 0 Å². The van der Waals surface area contributed by atoms with E-state index in [1.54, 1.807) is 0 Å². The van der Waals surface area contributed by atoms with Gasteiger partial charge in [-0.05, 0) is 33.6 Å². The van der Waals surface area contributed by atoms with Gasteiger partial charge in [-0.25, -0.2) is 0 Å². The molecule has 1 aliphatic rings. The van der Waals surface area contributed by atoms with Crippen molar-refractivity contribution >= 4 is 5.84 Å². The first-order chi connectivity index (χ1) is 6.09. The zero-order valence-corrected chi connectivity index (χ0v) is 8.95. The second-order valence-electron chi connectivity index (χ2n) is 4.13. The summed E-state index contributed by atoms with van der Waals surface area (Å²) < 4.78 is 0. The lowest BCUT2D eigenvalue weighted by Gasteiger charge is -2.33. The third-order valence-corrected chi connectivity index (χ3v) is 2.62. The lowest BCUT2D eigenvalue weighted by molar-refractivity contribution is 0.173. The first-order valence-corrected chi connectivity index (χ1v) is 5.13. The summed E-state index contributed by atoms with van der Waals surface area (Å²) in [6.07, 6.45) is 2.32. The van der Waals surface area contributed by atoms with E-state index in [1.807, 2.05) is 6.92 Å². The maximum absolute atomic E-state index is 5.55. The number of hydrogen-bond donors (Lipinski definition) is 1. The molecule has 1 saturated heterocycles. The number of nitrogens with zero attached hydrogens (tertiary/aromatic N) is 2. The Labute approximate surface area is 81.0 Å². The first-order valence-electron chi connectivity index (χ1n) is 5.13. The molecule has 2 N–H and O–H groups in total. The van der Waals surface area contributed by atoms with Gasteiger partial charge in [0, 0.05) is 19.1 Å². The van der Waals surface area contributed by atoms with Crippen molar-refractivity contribution in [3.63, 3.8) is 0 Å². The standard InChI is InChI=1S/C10H21N3/c1-8(2)13-6-4-10(5-7-13)12-9(3)11/h8,10H,4-7H2,1-3H3,(H2,11,12). The van der Waals surface area contributed by atoms with Gasteiger partial charge in [-0.3, -0.25) is 4.99 Å². The number of aliphatic imine (C=N–C) groups is 1. The molecule has 76 valence electrons. The van der Waals surface area contributed by atoms with Gasteiger partial charge in [-0.1, -0.05) is 0 Å². The van der Waals surface area contributed by atoms with E-state index in [0.29, 0.717) is 12.1 Å². The highest BCUT2D eigenvalue weighted by Gasteiger charge is 2.19. The molecule has 1 heterocycles. The molecule has 0 aromatic rings. The van der Waals surface area contributed by atoms with Crippen LogP contribution in [-0.4, -0.2) is 35.9 Å². The van der Waals surface area contributed by atoms with Gasteiger partial charge in [0.2, 0.25) is 0 Å². The van der Waals surface area contributed by atoms with Crippen LogP contribution < -0.4 is 5.73 Å². The monoisotopic (exact) mass is 183 g/mol. The smallest absolute Gasteiger partial charge is 0.0909 e. The largest absolute Gasteiger partial charge is 0.388 e. The normalized spacial score (nSPS) is 22.6. The van der Waals surface area contributed by atoms with Crippen molar-refractivity contribution in [1.29, 1.82) is 0 Å². The summed E-state index contributed by atoms with van der Waals surface area (Å²) in [6.45, 7) is 8.70. The van der Waals surface area contributed by atoms with E-state index < -0.39 is 0 Å². The fraction of sp³-hybridized carbons (Fsp3) is 0.900.